The number of piperidine rings is 1. The number of amides is 1. The Morgan fingerprint density at radius 2 is 2.08 bits per heavy atom. The van der Waals surface area contributed by atoms with Crippen molar-refractivity contribution in [2.24, 2.45) is 7.05 Å². The number of hydrogen-bond donors (Lipinski definition) is 1. The number of benzene rings is 1. The zero-order valence-electron chi connectivity index (χ0n) is 14.4. The molecule has 3 heterocycles. The Bertz CT molecular complexity index is 876. The minimum absolute atomic E-state index is 0.256. The van der Waals surface area contributed by atoms with E-state index < -0.39 is 0 Å². The average Bonchev–Trinajstić information content (AvgIpc) is 3.25. The number of hydrogen-bond acceptors (Lipinski definition) is 4. The van der Waals surface area contributed by atoms with Crippen molar-refractivity contribution in [3.63, 3.8) is 0 Å². The Balaban J connectivity index is 1.55. The second-order valence-corrected chi connectivity index (χ2v) is 6.56. The molecule has 0 radical (unpaired) electrons. The zero-order valence-corrected chi connectivity index (χ0v) is 14.4. The molecule has 1 fully saturated rings. The Hall–Kier alpha value is -2.60. The first-order valence-electron chi connectivity index (χ1n) is 8.73. The maximum Gasteiger partial charge on any atom is 0.291 e. The van der Waals surface area contributed by atoms with Crippen molar-refractivity contribution in [1.82, 2.24) is 14.5 Å². The van der Waals surface area contributed by atoms with E-state index in [9.17, 15) is 4.79 Å². The molecule has 0 bridgehead atoms. The van der Waals surface area contributed by atoms with E-state index in [-0.39, 0.29) is 5.91 Å². The van der Waals surface area contributed by atoms with Crippen molar-refractivity contribution >= 4 is 22.6 Å². The second kappa shape index (κ2) is 6.72. The summed E-state index contributed by atoms with van der Waals surface area (Å²) in [5.74, 6) is 1.10. The molecular formula is C19H22N4O2. The molecule has 3 aromatic rings. The first-order chi connectivity index (χ1) is 12.2. The molecule has 4 rings (SSSR count). The number of carbonyl (C=O) groups excluding carboxylic acids is 1. The summed E-state index contributed by atoms with van der Waals surface area (Å²) in [5.41, 5.74) is 2.69. The van der Waals surface area contributed by atoms with Gasteiger partial charge in [0.2, 0.25) is 0 Å². The molecule has 6 heteroatoms. The van der Waals surface area contributed by atoms with Gasteiger partial charge < -0.3 is 14.3 Å². The fraction of sp³-hybridized carbons (Fsp3) is 0.368. The predicted octanol–water partition coefficient (Wildman–Crippen LogP) is 3.40. The van der Waals surface area contributed by atoms with Crippen LogP contribution in [0.3, 0.4) is 0 Å². The summed E-state index contributed by atoms with van der Waals surface area (Å²) in [6, 6.07) is 9.15. The Kier molecular flexibility index (Phi) is 4.28. The molecule has 25 heavy (non-hydrogen) atoms. The van der Waals surface area contributed by atoms with Crippen LogP contribution in [0.2, 0.25) is 0 Å². The lowest BCUT2D eigenvalue weighted by molar-refractivity contribution is 0.0996. The summed E-state index contributed by atoms with van der Waals surface area (Å²) in [4.78, 5) is 19.4. The topological polar surface area (TPSA) is 63.3 Å². The van der Waals surface area contributed by atoms with E-state index in [1.165, 1.54) is 25.5 Å². The van der Waals surface area contributed by atoms with Gasteiger partial charge in [0.1, 0.15) is 5.82 Å². The summed E-state index contributed by atoms with van der Waals surface area (Å²) in [7, 11) is 2.05. The third-order valence-corrected chi connectivity index (χ3v) is 4.79. The number of anilines is 1. The first kappa shape index (κ1) is 15.9. The molecule has 1 amide bonds. The lowest BCUT2D eigenvalue weighted by Crippen LogP contribution is -2.30. The number of likely N-dealkylation sites (tertiary alicyclic amines) is 1. The smallest absolute Gasteiger partial charge is 0.291 e. The van der Waals surface area contributed by atoms with Gasteiger partial charge in [0.05, 0.1) is 23.8 Å². The minimum atomic E-state index is -0.256. The van der Waals surface area contributed by atoms with Gasteiger partial charge in [-0.15, -0.1) is 0 Å². The number of imidazole rings is 1. The van der Waals surface area contributed by atoms with Crippen molar-refractivity contribution in [3.05, 3.63) is 48.2 Å². The third kappa shape index (κ3) is 3.30. The second-order valence-electron chi connectivity index (χ2n) is 6.56. The van der Waals surface area contributed by atoms with E-state index in [2.05, 4.69) is 21.8 Å². The van der Waals surface area contributed by atoms with Crippen LogP contribution in [0.15, 0.2) is 41.0 Å². The van der Waals surface area contributed by atoms with Gasteiger partial charge >= 0.3 is 0 Å². The molecule has 0 spiro atoms. The number of aromatic nitrogens is 2. The molecule has 2 aromatic heterocycles. The molecule has 1 aromatic carbocycles. The summed E-state index contributed by atoms with van der Waals surface area (Å²) in [6.45, 7) is 3.17. The van der Waals surface area contributed by atoms with E-state index in [1.807, 2.05) is 18.2 Å². The number of furan rings is 1. The molecule has 0 atom stereocenters. The van der Waals surface area contributed by atoms with Crippen molar-refractivity contribution in [3.8, 4) is 0 Å². The molecule has 0 unspecified atom stereocenters. The van der Waals surface area contributed by atoms with Crippen molar-refractivity contribution in [2.75, 3.05) is 18.4 Å². The van der Waals surface area contributed by atoms with Crippen LogP contribution >= 0.6 is 0 Å². The highest BCUT2D eigenvalue weighted by Crippen LogP contribution is 2.22. The number of carbonyl (C=O) groups is 1. The van der Waals surface area contributed by atoms with Gasteiger partial charge in [-0.1, -0.05) is 6.42 Å². The molecule has 1 aliphatic rings. The van der Waals surface area contributed by atoms with Gasteiger partial charge in [-0.2, -0.15) is 0 Å². The monoisotopic (exact) mass is 338 g/mol. The first-order valence-corrected chi connectivity index (χ1v) is 8.73. The number of nitrogens with one attached hydrogen (secondary N) is 1. The molecule has 0 saturated carbocycles. The van der Waals surface area contributed by atoms with Crippen LogP contribution in [-0.2, 0) is 13.6 Å². The maximum absolute atomic E-state index is 12.1. The van der Waals surface area contributed by atoms with Gasteiger partial charge in [-0.05, 0) is 56.3 Å². The number of nitrogens with zero attached hydrogens (tertiary/aromatic N) is 3. The molecular weight excluding hydrogens is 316 g/mol. The average molecular weight is 338 g/mol. The van der Waals surface area contributed by atoms with Gasteiger partial charge in [-0.25, -0.2) is 4.98 Å². The molecule has 1 N–H and O–H groups in total. The number of rotatable bonds is 4. The van der Waals surface area contributed by atoms with E-state index >= 15 is 0 Å². The van der Waals surface area contributed by atoms with Crippen molar-refractivity contribution < 1.29 is 9.21 Å². The quantitative estimate of drug-likeness (QED) is 0.792. The largest absolute Gasteiger partial charge is 0.459 e. The maximum atomic E-state index is 12.1. The Morgan fingerprint density at radius 3 is 2.84 bits per heavy atom. The summed E-state index contributed by atoms with van der Waals surface area (Å²) < 4.78 is 7.27. The van der Waals surface area contributed by atoms with Crippen LogP contribution in [0.5, 0.6) is 0 Å². The highest BCUT2D eigenvalue weighted by Gasteiger charge is 2.16. The van der Waals surface area contributed by atoms with Crippen LogP contribution in [0.25, 0.3) is 11.0 Å². The molecule has 130 valence electrons. The minimum Gasteiger partial charge on any atom is -0.459 e. The Labute approximate surface area is 146 Å². The number of fused-ring (bicyclic) bond motifs is 1. The van der Waals surface area contributed by atoms with Crippen LogP contribution in [0.4, 0.5) is 5.69 Å². The van der Waals surface area contributed by atoms with Gasteiger partial charge in [0.25, 0.3) is 5.91 Å². The molecule has 1 saturated heterocycles. The third-order valence-electron chi connectivity index (χ3n) is 4.79. The molecule has 1 aliphatic heterocycles. The van der Waals surface area contributed by atoms with Crippen molar-refractivity contribution in [1.29, 1.82) is 0 Å². The van der Waals surface area contributed by atoms with Gasteiger partial charge in [-0.3, -0.25) is 9.69 Å². The predicted molar refractivity (Wildman–Crippen MR) is 96.5 cm³/mol. The highest BCUT2D eigenvalue weighted by molar-refractivity contribution is 6.03. The standard InChI is InChI=1S/C19H22N4O2/c1-22-16-8-7-14(20-19(24)17-6-5-11-25-17)12-15(16)21-18(22)13-23-9-3-2-4-10-23/h5-8,11-12H,2-4,9-10,13H2,1H3,(H,20,24). The van der Waals surface area contributed by atoms with E-state index in [0.29, 0.717) is 5.76 Å². The van der Waals surface area contributed by atoms with Gasteiger partial charge in [0.15, 0.2) is 5.76 Å². The Morgan fingerprint density at radius 1 is 1.24 bits per heavy atom. The SMILES string of the molecule is Cn1c(CN2CCCCC2)nc2cc(NC(=O)c3ccco3)ccc21. The summed E-state index contributed by atoms with van der Waals surface area (Å²) in [5, 5.41) is 2.85. The van der Waals surface area contributed by atoms with E-state index in [1.54, 1.807) is 12.1 Å². The zero-order chi connectivity index (χ0) is 17.2. The lowest BCUT2D eigenvalue weighted by atomic mass is 10.1. The summed E-state index contributed by atoms with van der Waals surface area (Å²) in [6.07, 6.45) is 5.36. The number of aryl methyl sites for hydroxylation is 1. The normalized spacial score (nSPS) is 15.6. The van der Waals surface area contributed by atoms with Gasteiger partial charge in [0, 0.05) is 12.7 Å². The molecule has 6 nitrogen and oxygen atoms in total. The fourth-order valence-electron chi connectivity index (χ4n) is 3.39. The van der Waals surface area contributed by atoms with E-state index in [4.69, 9.17) is 9.40 Å². The fourth-order valence-corrected chi connectivity index (χ4v) is 3.39. The van der Waals surface area contributed by atoms with Crippen molar-refractivity contribution in [2.45, 2.75) is 25.8 Å². The molecule has 0 aliphatic carbocycles. The van der Waals surface area contributed by atoms with Crippen LogP contribution < -0.4 is 5.32 Å². The van der Waals surface area contributed by atoms with Crippen LogP contribution in [-0.4, -0.2) is 33.4 Å². The summed E-state index contributed by atoms with van der Waals surface area (Å²) >= 11 is 0. The van der Waals surface area contributed by atoms with Crippen LogP contribution in [0.1, 0.15) is 35.6 Å². The van der Waals surface area contributed by atoms with E-state index in [0.717, 1.165) is 42.2 Å². The lowest BCUT2D eigenvalue weighted by Gasteiger charge is -2.25. The van der Waals surface area contributed by atoms with Crippen LogP contribution in [0, 0.1) is 0 Å². The highest BCUT2D eigenvalue weighted by atomic mass is 16.3.